The Kier molecular flexibility index (Phi) is 2.55. The molecule has 4 aliphatic rings. The first-order valence-corrected chi connectivity index (χ1v) is 7.60. The van der Waals surface area contributed by atoms with Crippen molar-refractivity contribution in [1.29, 1.82) is 0 Å². The molecule has 0 spiro atoms. The second kappa shape index (κ2) is 4.06. The lowest BCUT2D eigenvalue weighted by molar-refractivity contribution is -0.0494. The van der Waals surface area contributed by atoms with Crippen LogP contribution in [-0.2, 0) is 5.54 Å². The minimum atomic E-state index is -0.289. The second-order valence-corrected chi connectivity index (χ2v) is 7.15. The number of nitrogens with two attached hydrogens (primary N) is 1. The van der Waals surface area contributed by atoms with E-state index in [1.807, 2.05) is 6.20 Å². The van der Waals surface area contributed by atoms with Gasteiger partial charge in [-0.3, -0.25) is 4.68 Å². The Labute approximate surface area is 114 Å². The zero-order chi connectivity index (χ0) is 13.0. The monoisotopic (exact) mass is 261 g/mol. The molecule has 3 N–H and O–H groups in total. The van der Waals surface area contributed by atoms with Crippen LogP contribution in [0.3, 0.4) is 0 Å². The molecule has 1 unspecified atom stereocenters. The summed E-state index contributed by atoms with van der Waals surface area (Å²) >= 11 is 0. The van der Waals surface area contributed by atoms with Crippen LogP contribution in [0.2, 0.25) is 0 Å². The molecule has 1 heterocycles. The van der Waals surface area contributed by atoms with Crippen LogP contribution >= 0.6 is 0 Å². The molecule has 4 saturated carbocycles. The van der Waals surface area contributed by atoms with Gasteiger partial charge in [-0.05, 0) is 56.3 Å². The van der Waals surface area contributed by atoms with E-state index in [-0.39, 0.29) is 18.2 Å². The average Bonchev–Trinajstić information content (AvgIpc) is 2.86. The minimum absolute atomic E-state index is 0.00737. The molecular weight excluding hydrogens is 238 g/mol. The smallest absolute Gasteiger partial charge is 0.0635 e. The van der Waals surface area contributed by atoms with E-state index >= 15 is 0 Å². The van der Waals surface area contributed by atoms with Gasteiger partial charge in [-0.25, -0.2) is 0 Å². The van der Waals surface area contributed by atoms with Gasteiger partial charge in [0.1, 0.15) is 0 Å². The largest absolute Gasteiger partial charge is 0.394 e. The molecule has 4 fully saturated rings. The van der Waals surface area contributed by atoms with Crippen LogP contribution in [0.15, 0.2) is 12.4 Å². The molecule has 4 heteroatoms. The number of nitrogens with zero attached hydrogens (tertiary/aromatic N) is 2. The SMILES string of the molecule is NC(CO)c1cnn(C23CC4CC(CC(C4)C2)C3)c1. The molecule has 5 rings (SSSR count). The van der Waals surface area contributed by atoms with Gasteiger partial charge < -0.3 is 10.8 Å². The summed E-state index contributed by atoms with van der Waals surface area (Å²) in [5.41, 5.74) is 7.13. The molecule has 4 bridgehead atoms. The zero-order valence-electron chi connectivity index (χ0n) is 11.3. The highest BCUT2D eigenvalue weighted by molar-refractivity contribution is 5.13. The van der Waals surface area contributed by atoms with E-state index in [1.165, 1.54) is 38.5 Å². The lowest BCUT2D eigenvalue weighted by atomic mass is 9.53. The van der Waals surface area contributed by atoms with Gasteiger partial charge in [-0.1, -0.05) is 0 Å². The van der Waals surface area contributed by atoms with Gasteiger partial charge in [0, 0.05) is 11.8 Å². The highest BCUT2D eigenvalue weighted by Gasteiger charge is 2.52. The molecule has 1 aromatic heterocycles. The van der Waals surface area contributed by atoms with E-state index in [0.717, 1.165) is 23.3 Å². The Morgan fingerprint density at radius 1 is 1.26 bits per heavy atom. The Bertz CT molecular complexity index is 446. The molecule has 19 heavy (non-hydrogen) atoms. The third-order valence-electron chi connectivity index (χ3n) is 5.72. The fraction of sp³-hybridized carbons (Fsp3) is 0.800. The summed E-state index contributed by atoms with van der Waals surface area (Å²) in [5.74, 6) is 2.77. The van der Waals surface area contributed by atoms with Crippen LogP contribution < -0.4 is 5.73 Å². The molecule has 104 valence electrons. The van der Waals surface area contributed by atoms with E-state index in [9.17, 15) is 0 Å². The Hall–Kier alpha value is -0.870. The lowest BCUT2D eigenvalue weighted by Crippen LogP contribution is -2.52. The van der Waals surface area contributed by atoms with Gasteiger partial charge in [0.15, 0.2) is 0 Å². The number of hydrogen-bond acceptors (Lipinski definition) is 3. The maximum atomic E-state index is 9.17. The van der Waals surface area contributed by atoms with Crippen molar-refractivity contribution in [3.8, 4) is 0 Å². The molecule has 0 aromatic carbocycles. The van der Waals surface area contributed by atoms with E-state index in [1.54, 1.807) is 0 Å². The van der Waals surface area contributed by atoms with Crippen molar-refractivity contribution >= 4 is 0 Å². The fourth-order valence-electron chi connectivity index (χ4n) is 5.24. The highest BCUT2D eigenvalue weighted by Crippen LogP contribution is 2.58. The molecular formula is C15H23N3O. The lowest BCUT2D eigenvalue weighted by Gasteiger charge is -2.56. The Morgan fingerprint density at radius 3 is 2.37 bits per heavy atom. The van der Waals surface area contributed by atoms with Crippen molar-refractivity contribution in [3.63, 3.8) is 0 Å². The molecule has 1 atom stereocenters. The van der Waals surface area contributed by atoms with Crippen LogP contribution in [-0.4, -0.2) is 21.5 Å². The third-order valence-corrected chi connectivity index (χ3v) is 5.72. The van der Waals surface area contributed by atoms with Crippen LogP contribution in [0, 0.1) is 17.8 Å². The van der Waals surface area contributed by atoms with Crippen LogP contribution in [0.1, 0.15) is 50.1 Å². The van der Waals surface area contributed by atoms with Crippen molar-refractivity contribution in [2.75, 3.05) is 6.61 Å². The van der Waals surface area contributed by atoms with Gasteiger partial charge in [0.2, 0.25) is 0 Å². The van der Waals surface area contributed by atoms with Gasteiger partial charge in [-0.15, -0.1) is 0 Å². The molecule has 0 aliphatic heterocycles. The first-order chi connectivity index (χ1) is 9.18. The van der Waals surface area contributed by atoms with Crippen molar-refractivity contribution < 1.29 is 5.11 Å². The highest BCUT2D eigenvalue weighted by atomic mass is 16.3. The maximum Gasteiger partial charge on any atom is 0.0635 e. The van der Waals surface area contributed by atoms with Gasteiger partial charge >= 0.3 is 0 Å². The zero-order valence-corrected chi connectivity index (χ0v) is 11.3. The van der Waals surface area contributed by atoms with Gasteiger partial charge in [-0.2, -0.15) is 5.10 Å². The quantitative estimate of drug-likeness (QED) is 0.872. The van der Waals surface area contributed by atoms with Crippen molar-refractivity contribution in [1.82, 2.24) is 9.78 Å². The number of hydrogen-bond donors (Lipinski definition) is 2. The molecule has 0 amide bonds. The van der Waals surface area contributed by atoms with Crippen LogP contribution in [0.25, 0.3) is 0 Å². The summed E-state index contributed by atoms with van der Waals surface area (Å²) in [4.78, 5) is 0. The summed E-state index contributed by atoms with van der Waals surface area (Å²) in [5, 5.41) is 13.8. The standard InChI is InChI=1S/C15H23N3O/c16-14(9-19)13-7-17-18(8-13)15-4-10-1-11(5-15)3-12(2-10)6-15/h7-8,10-12,14,19H,1-6,9,16H2. The third kappa shape index (κ3) is 1.77. The topological polar surface area (TPSA) is 64.1 Å². The second-order valence-electron chi connectivity index (χ2n) is 7.15. The van der Waals surface area contributed by atoms with Crippen LogP contribution in [0.5, 0.6) is 0 Å². The van der Waals surface area contributed by atoms with Crippen molar-refractivity contribution in [2.24, 2.45) is 23.5 Å². The molecule has 4 nitrogen and oxygen atoms in total. The predicted molar refractivity (Wildman–Crippen MR) is 72.4 cm³/mol. The van der Waals surface area contributed by atoms with Crippen molar-refractivity contribution in [2.45, 2.75) is 50.1 Å². The minimum Gasteiger partial charge on any atom is -0.394 e. The fourth-order valence-corrected chi connectivity index (χ4v) is 5.24. The normalized spacial score (nSPS) is 41.7. The predicted octanol–water partition coefficient (Wildman–Crippen LogP) is 1.80. The number of aliphatic hydroxyl groups is 1. The average molecular weight is 261 g/mol. The summed E-state index contributed by atoms with van der Waals surface area (Å²) < 4.78 is 2.20. The van der Waals surface area contributed by atoms with Gasteiger partial charge in [0.25, 0.3) is 0 Å². The molecule has 1 aromatic rings. The summed E-state index contributed by atoms with van der Waals surface area (Å²) in [6.07, 6.45) is 12.2. The summed E-state index contributed by atoms with van der Waals surface area (Å²) in [6.45, 7) is -0.00737. The Morgan fingerprint density at radius 2 is 1.84 bits per heavy atom. The number of aliphatic hydroxyl groups excluding tert-OH is 1. The first kappa shape index (κ1) is 11.9. The first-order valence-electron chi connectivity index (χ1n) is 7.60. The maximum absolute atomic E-state index is 9.17. The number of aromatic nitrogens is 2. The molecule has 0 radical (unpaired) electrons. The molecule has 0 saturated heterocycles. The number of rotatable bonds is 3. The van der Waals surface area contributed by atoms with Crippen LogP contribution in [0.4, 0.5) is 0 Å². The summed E-state index contributed by atoms with van der Waals surface area (Å²) in [6, 6.07) is -0.289. The van der Waals surface area contributed by atoms with Crippen molar-refractivity contribution in [3.05, 3.63) is 18.0 Å². The Balaban J connectivity index is 1.66. The molecule has 4 aliphatic carbocycles. The summed E-state index contributed by atoms with van der Waals surface area (Å²) in [7, 11) is 0. The van der Waals surface area contributed by atoms with E-state index in [2.05, 4.69) is 16.0 Å². The van der Waals surface area contributed by atoms with E-state index in [4.69, 9.17) is 10.8 Å². The van der Waals surface area contributed by atoms with E-state index < -0.39 is 0 Å². The van der Waals surface area contributed by atoms with Gasteiger partial charge in [0.05, 0.1) is 24.4 Å². The van der Waals surface area contributed by atoms with E-state index in [0.29, 0.717) is 0 Å².